The first kappa shape index (κ1) is 28.9. The fourth-order valence-electron chi connectivity index (χ4n) is 3.37. The van der Waals surface area contributed by atoms with Crippen LogP contribution >= 0.6 is 0 Å². The van der Waals surface area contributed by atoms with E-state index in [9.17, 15) is 29.4 Å². The second-order valence-electron chi connectivity index (χ2n) is 9.33. The van der Waals surface area contributed by atoms with E-state index in [0.717, 1.165) is 5.56 Å². The Bertz CT molecular complexity index is 856. The molecule has 0 unspecified atom stereocenters. The molecular weight excluding hydrogens is 440 g/mol. The van der Waals surface area contributed by atoms with Crippen molar-refractivity contribution in [3.8, 4) is 0 Å². The summed E-state index contributed by atoms with van der Waals surface area (Å²) in [5, 5.41) is 29.1. The number of para-hydroxylation sites is 1. The van der Waals surface area contributed by atoms with E-state index in [4.69, 9.17) is 0 Å². The second-order valence-corrected chi connectivity index (χ2v) is 9.33. The molecule has 0 aliphatic rings. The SMILES string of the molecule is CC(C)C[C@H](NC(=O)[C@H](CO)NC(=O)Nc1ccccc1C(C)C)C(=O)N[C@H](C(=O)O)C(C)C. The van der Waals surface area contributed by atoms with Gasteiger partial charge in [0.1, 0.15) is 18.1 Å². The van der Waals surface area contributed by atoms with Gasteiger partial charge in [-0.05, 0) is 35.8 Å². The summed E-state index contributed by atoms with van der Waals surface area (Å²) >= 11 is 0. The van der Waals surface area contributed by atoms with Crippen LogP contribution in [0.1, 0.15) is 59.4 Å². The lowest BCUT2D eigenvalue weighted by Gasteiger charge is -2.26. The third-order valence-corrected chi connectivity index (χ3v) is 5.21. The molecule has 0 heterocycles. The Balaban J connectivity index is 2.90. The number of nitrogens with one attached hydrogen (secondary N) is 4. The van der Waals surface area contributed by atoms with Crippen LogP contribution in [-0.2, 0) is 14.4 Å². The first-order valence-electron chi connectivity index (χ1n) is 11.5. The summed E-state index contributed by atoms with van der Waals surface area (Å²) in [5.74, 6) is -2.77. The number of rotatable bonds is 12. The number of aliphatic hydroxyl groups is 1. The maximum atomic E-state index is 12.8. The zero-order valence-corrected chi connectivity index (χ0v) is 20.7. The number of carboxylic acid groups (broad SMARTS) is 1. The molecule has 6 N–H and O–H groups in total. The Morgan fingerprint density at radius 3 is 1.94 bits per heavy atom. The number of carbonyl (C=O) groups is 4. The van der Waals surface area contributed by atoms with E-state index in [2.05, 4.69) is 21.3 Å². The minimum Gasteiger partial charge on any atom is -0.480 e. The van der Waals surface area contributed by atoms with E-state index in [-0.39, 0.29) is 24.2 Å². The van der Waals surface area contributed by atoms with Crippen molar-refractivity contribution in [3.05, 3.63) is 29.8 Å². The molecule has 0 spiro atoms. The second kappa shape index (κ2) is 13.5. The van der Waals surface area contributed by atoms with Crippen molar-refractivity contribution in [2.45, 2.75) is 72.0 Å². The topological polar surface area (TPSA) is 157 Å². The highest BCUT2D eigenvalue weighted by Crippen LogP contribution is 2.23. The van der Waals surface area contributed by atoms with Gasteiger partial charge in [0.25, 0.3) is 0 Å². The van der Waals surface area contributed by atoms with Gasteiger partial charge in [0.05, 0.1) is 6.61 Å². The molecule has 1 aromatic carbocycles. The highest BCUT2D eigenvalue weighted by atomic mass is 16.4. The summed E-state index contributed by atoms with van der Waals surface area (Å²) < 4.78 is 0. The Morgan fingerprint density at radius 1 is 0.853 bits per heavy atom. The van der Waals surface area contributed by atoms with Crippen LogP contribution in [0.15, 0.2) is 24.3 Å². The number of hydrogen-bond acceptors (Lipinski definition) is 5. The van der Waals surface area contributed by atoms with E-state index in [1.165, 1.54) is 0 Å². The quantitative estimate of drug-likeness (QED) is 0.270. The summed E-state index contributed by atoms with van der Waals surface area (Å²) in [4.78, 5) is 49.5. The van der Waals surface area contributed by atoms with Crippen LogP contribution in [0.2, 0.25) is 0 Å². The average Bonchev–Trinajstić information content (AvgIpc) is 2.74. The lowest BCUT2D eigenvalue weighted by Crippen LogP contribution is -2.57. The van der Waals surface area contributed by atoms with E-state index in [1.807, 2.05) is 39.8 Å². The molecule has 0 aromatic heterocycles. The van der Waals surface area contributed by atoms with Crippen molar-refractivity contribution in [3.63, 3.8) is 0 Å². The number of aliphatic carboxylic acids is 1. The minimum absolute atomic E-state index is 0.00903. The highest BCUT2D eigenvalue weighted by Gasteiger charge is 2.31. The molecule has 0 radical (unpaired) electrons. The molecule has 0 saturated carbocycles. The molecule has 1 aromatic rings. The first-order chi connectivity index (χ1) is 15.9. The number of hydrogen-bond donors (Lipinski definition) is 6. The molecule has 3 atom stereocenters. The van der Waals surface area contributed by atoms with Crippen molar-refractivity contribution < 1.29 is 29.4 Å². The third-order valence-electron chi connectivity index (χ3n) is 5.21. The Hall–Kier alpha value is -3.14. The highest BCUT2D eigenvalue weighted by molar-refractivity contribution is 5.96. The molecule has 0 saturated heterocycles. The van der Waals surface area contributed by atoms with Crippen molar-refractivity contribution in [1.29, 1.82) is 0 Å². The number of anilines is 1. The first-order valence-corrected chi connectivity index (χ1v) is 11.5. The molecule has 4 amide bonds. The maximum Gasteiger partial charge on any atom is 0.326 e. The fourth-order valence-corrected chi connectivity index (χ4v) is 3.37. The van der Waals surface area contributed by atoms with Crippen LogP contribution < -0.4 is 21.3 Å². The van der Waals surface area contributed by atoms with Gasteiger partial charge < -0.3 is 31.5 Å². The van der Waals surface area contributed by atoms with Crippen LogP contribution in [0, 0.1) is 11.8 Å². The van der Waals surface area contributed by atoms with Crippen LogP contribution in [0.5, 0.6) is 0 Å². The molecule has 0 bridgehead atoms. The predicted molar refractivity (Wildman–Crippen MR) is 129 cm³/mol. The molecule has 1 rings (SSSR count). The van der Waals surface area contributed by atoms with Gasteiger partial charge in [-0.2, -0.15) is 0 Å². The van der Waals surface area contributed by atoms with Crippen molar-refractivity contribution in [2.75, 3.05) is 11.9 Å². The number of aliphatic hydroxyl groups excluding tert-OH is 1. The predicted octanol–water partition coefficient (Wildman–Crippen LogP) is 2.05. The van der Waals surface area contributed by atoms with Crippen molar-refractivity contribution in [2.24, 2.45) is 11.8 Å². The maximum absolute atomic E-state index is 12.8. The van der Waals surface area contributed by atoms with Crippen LogP contribution in [-0.4, -0.2) is 58.8 Å². The van der Waals surface area contributed by atoms with Gasteiger partial charge in [0, 0.05) is 5.69 Å². The van der Waals surface area contributed by atoms with Gasteiger partial charge in [0.2, 0.25) is 11.8 Å². The fraction of sp³-hybridized carbons (Fsp3) is 0.583. The zero-order chi connectivity index (χ0) is 26.0. The average molecular weight is 479 g/mol. The van der Waals surface area contributed by atoms with E-state index >= 15 is 0 Å². The summed E-state index contributed by atoms with van der Waals surface area (Å²) in [6, 6.07) is 3.11. The Morgan fingerprint density at radius 2 is 1.44 bits per heavy atom. The van der Waals surface area contributed by atoms with Crippen LogP contribution in [0.25, 0.3) is 0 Å². The van der Waals surface area contributed by atoms with Gasteiger partial charge in [-0.25, -0.2) is 9.59 Å². The smallest absolute Gasteiger partial charge is 0.326 e. The number of amides is 4. The van der Waals surface area contributed by atoms with Crippen molar-refractivity contribution in [1.82, 2.24) is 16.0 Å². The normalized spacial score (nSPS) is 13.8. The van der Waals surface area contributed by atoms with E-state index in [1.54, 1.807) is 26.0 Å². The van der Waals surface area contributed by atoms with Gasteiger partial charge in [-0.15, -0.1) is 0 Å². The van der Waals surface area contributed by atoms with Crippen molar-refractivity contribution >= 4 is 29.5 Å². The van der Waals surface area contributed by atoms with Gasteiger partial charge >= 0.3 is 12.0 Å². The van der Waals surface area contributed by atoms with Crippen LogP contribution in [0.4, 0.5) is 10.5 Å². The largest absolute Gasteiger partial charge is 0.480 e. The third kappa shape index (κ3) is 9.01. The zero-order valence-electron chi connectivity index (χ0n) is 20.7. The number of benzene rings is 1. The monoisotopic (exact) mass is 478 g/mol. The summed E-state index contributed by atoms with van der Waals surface area (Å²) in [5.41, 5.74) is 1.49. The minimum atomic E-state index is -1.31. The Kier molecular flexibility index (Phi) is 11.5. The molecular formula is C24H38N4O6. The van der Waals surface area contributed by atoms with Gasteiger partial charge in [-0.1, -0.05) is 59.7 Å². The summed E-state index contributed by atoms with van der Waals surface area (Å²) in [7, 11) is 0. The summed E-state index contributed by atoms with van der Waals surface area (Å²) in [6.07, 6.45) is 0.244. The summed E-state index contributed by atoms with van der Waals surface area (Å²) in [6.45, 7) is 10.3. The standard InChI is InChI=1S/C24H38N4O6/c1-13(2)11-18(21(30)28-20(15(5)6)23(32)33)25-22(31)19(12-29)27-24(34)26-17-10-8-7-9-16(17)14(3)4/h7-10,13-15,18-20,29H,11-12H2,1-6H3,(H,25,31)(H,28,30)(H,32,33)(H2,26,27,34)/t18-,19-,20-/m0/s1. The van der Waals surface area contributed by atoms with Crippen LogP contribution in [0.3, 0.4) is 0 Å². The molecule has 0 aliphatic heterocycles. The lowest BCUT2D eigenvalue weighted by atomic mass is 10.00. The van der Waals surface area contributed by atoms with Gasteiger partial charge in [-0.3, -0.25) is 9.59 Å². The number of urea groups is 1. The molecule has 10 nitrogen and oxygen atoms in total. The Labute approximate surface area is 200 Å². The lowest BCUT2D eigenvalue weighted by molar-refractivity contribution is -0.143. The van der Waals surface area contributed by atoms with E-state index < -0.39 is 48.5 Å². The molecule has 0 fully saturated rings. The van der Waals surface area contributed by atoms with Gasteiger partial charge in [0.15, 0.2) is 0 Å². The van der Waals surface area contributed by atoms with E-state index in [0.29, 0.717) is 5.69 Å². The number of carboxylic acids is 1. The molecule has 10 heteroatoms. The molecule has 0 aliphatic carbocycles. The molecule has 34 heavy (non-hydrogen) atoms. The molecule has 190 valence electrons. The number of carbonyl (C=O) groups excluding carboxylic acids is 3.